The Morgan fingerprint density at radius 3 is 2.86 bits per heavy atom. The first-order valence-corrected chi connectivity index (χ1v) is 8.13. The highest BCUT2D eigenvalue weighted by molar-refractivity contribution is 7.99. The molecule has 1 aliphatic rings. The third-order valence-electron chi connectivity index (χ3n) is 3.71. The van der Waals surface area contributed by atoms with Gasteiger partial charge in [0.1, 0.15) is 11.5 Å². The summed E-state index contributed by atoms with van der Waals surface area (Å²) in [6.45, 7) is 1.12. The second kappa shape index (κ2) is 6.39. The summed E-state index contributed by atoms with van der Waals surface area (Å²) in [5, 5.41) is 0.0456. The highest BCUT2D eigenvalue weighted by Crippen LogP contribution is 2.35. The second-order valence-corrected chi connectivity index (χ2v) is 6.43. The molecule has 7 heteroatoms. The number of benzene rings is 1. The molecule has 5 nitrogen and oxygen atoms in total. The maximum absolute atomic E-state index is 13.9. The van der Waals surface area contributed by atoms with E-state index in [0.717, 1.165) is 5.75 Å². The topological polar surface area (TPSA) is 69.0 Å². The van der Waals surface area contributed by atoms with Crippen LogP contribution in [-0.2, 0) is 0 Å². The van der Waals surface area contributed by atoms with Crippen molar-refractivity contribution in [2.45, 2.75) is 11.7 Å². The second-order valence-electron chi connectivity index (χ2n) is 5.12. The molecule has 1 aliphatic heterocycles. The first-order valence-electron chi connectivity index (χ1n) is 7.08. The molecule has 0 aliphatic carbocycles. The lowest BCUT2D eigenvalue weighted by atomic mass is 10.1. The van der Waals surface area contributed by atoms with Crippen molar-refractivity contribution in [1.82, 2.24) is 14.9 Å². The molecule has 0 spiro atoms. The van der Waals surface area contributed by atoms with Crippen LogP contribution >= 0.6 is 11.8 Å². The monoisotopic (exact) mass is 321 g/mol. The number of imidazole rings is 1. The molecule has 0 saturated carbocycles. The van der Waals surface area contributed by atoms with Crippen LogP contribution in [0.15, 0.2) is 35.3 Å². The number of hydrogen-bond acceptors (Lipinski definition) is 3. The van der Waals surface area contributed by atoms with Gasteiger partial charge in [-0.25, -0.2) is 9.18 Å². The zero-order valence-corrected chi connectivity index (χ0v) is 12.7. The van der Waals surface area contributed by atoms with Crippen molar-refractivity contribution in [3.05, 3.63) is 58.0 Å². The number of nitrogens with zero attached hydrogens (tertiary/aromatic N) is 1. The highest BCUT2D eigenvalue weighted by Gasteiger charge is 2.24. The van der Waals surface area contributed by atoms with Gasteiger partial charge in [0.2, 0.25) is 0 Å². The number of halogens is 1. The summed E-state index contributed by atoms with van der Waals surface area (Å²) in [6.07, 6.45) is 2.07. The van der Waals surface area contributed by atoms with E-state index in [2.05, 4.69) is 9.97 Å². The molecule has 2 heterocycles. The molecule has 1 atom stereocenters. The van der Waals surface area contributed by atoms with Gasteiger partial charge in [-0.15, -0.1) is 0 Å². The van der Waals surface area contributed by atoms with E-state index in [0.29, 0.717) is 25.1 Å². The van der Waals surface area contributed by atoms with Gasteiger partial charge in [-0.2, -0.15) is 11.8 Å². The molecule has 22 heavy (non-hydrogen) atoms. The predicted octanol–water partition coefficient (Wildman–Crippen LogP) is 2.16. The van der Waals surface area contributed by atoms with Gasteiger partial charge in [-0.05, 0) is 12.5 Å². The number of nitrogens with one attached hydrogen (secondary N) is 2. The molecule has 1 fully saturated rings. The minimum Gasteiger partial charge on any atom is -0.336 e. The molecule has 116 valence electrons. The van der Waals surface area contributed by atoms with Crippen molar-refractivity contribution in [3.8, 4) is 0 Å². The standard InChI is InChI=1S/C15H16FN3O2S/c16-11-4-2-1-3-10(11)13-5-6-19(7-8-22-13)14(20)12-9-17-15(21)18-12/h1-4,9,13H,5-8H2,(H2,17,18,21). The molecule has 1 aromatic carbocycles. The Balaban J connectivity index is 1.71. The number of thioether (sulfide) groups is 1. The number of carbonyl (C=O) groups is 1. The van der Waals surface area contributed by atoms with Crippen LogP contribution in [-0.4, -0.2) is 39.6 Å². The molecule has 1 amide bonds. The zero-order chi connectivity index (χ0) is 15.5. The van der Waals surface area contributed by atoms with Crippen LogP contribution in [0.5, 0.6) is 0 Å². The Bertz CT molecular complexity index is 727. The lowest BCUT2D eigenvalue weighted by Crippen LogP contribution is -2.33. The fraction of sp³-hybridized carbons (Fsp3) is 0.333. The van der Waals surface area contributed by atoms with Gasteiger partial charge in [0.05, 0.1) is 0 Å². The molecule has 2 N–H and O–H groups in total. The van der Waals surface area contributed by atoms with E-state index in [9.17, 15) is 14.0 Å². The Labute approximate surface area is 130 Å². The largest absolute Gasteiger partial charge is 0.336 e. The Hall–Kier alpha value is -2.02. The number of aromatic amines is 2. The van der Waals surface area contributed by atoms with Crippen molar-refractivity contribution in [2.75, 3.05) is 18.8 Å². The minimum atomic E-state index is -0.392. The fourth-order valence-corrected chi connectivity index (χ4v) is 3.83. The third-order valence-corrected chi connectivity index (χ3v) is 5.02. The van der Waals surface area contributed by atoms with Gasteiger partial charge >= 0.3 is 5.69 Å². The molecule has 3 rings (SSSR count). The maximum Gasteiger partial charge on any atom is 0.323 e. The SMILES string of the molecule is O=C(c1c[nH]c(=O)[nH]1)N1CCSC(c2ccccc2F)CC1. The van der Waals surface area contributed by atoms with Gasteiger partial charge in [-0.3, -0.25) is 4.79 Å². The van der Waals surface area contributed by atoms with E-state index in [1.807, 2.05) is 6.07 Å². The van der Waals surface area contributed by atoms with E-state index in [1.165, 1.54) is 12.3 Å². The summed E-state index contributed by atoms with van der Waals surface area (Å²) in [7, 11) is 0. The van der Waals surface area contributed by atoms with Gasteiger partial charge in [0.15, 0.2) is 0 Å². The maximum atomic E-state index is 13.9. The van der Waals surface area contributed by atoms with Gasteiger partial charge < -0.3 is 14.9 Å². The van der Waals surface area contributed by atoms with Gasteiger partial charge in [0.25, 0.3) is 5.91 Å². The number of carbonyl (C=O) groups excluding carboxylic acids is 1. The van der Waals surface area contributed by atoms with E-state index in [-0.39, 0.29) is 22.7 Å². The van der Waals surface area contributed by atoms with E-state index < -0.39 is 5.69 Å². The summed E-state index contributed by atoms with van der Waals surface area (Å²) in [6, 6.07) is 6.78. The highest BCUT2D eigenvalue weighted by atomic mass is 32.2. The van der Waals surface area contributed by atoms with Gasteiger partial charge in [0, 0.05) is 35.9 Å². The van der Waals surface area contributed by atoms with Crippen LogP contribution in [0, 0.1) is 5.82 Å². The lowest BCUT2D eigenvalue weighted by molar-refractivity contribution is 0.0761. The molecule has 0 bridgehead atoms. The molecule has 1 saturated heterocycles. The molecular weight excluding hydrogens is 305 g/mol. The molecule has 1 unspecified atom stereocenters. The summed E-state index contributed by atoms with van der Waals surface area (Å²) in [5.41, 5.74) is 0.563. The van der Waals surface area contributed by atoms with Crippen molar-refractivity contribution < 1.29 is 9.18 Å². The molecule has 1 aromatic heterocycles. The predicted molar refractivity (Wildman–Crippen MR) is 83.5 cm³/mol. The number of hydrogen-bond donors (Lipinski definition) is 2. The quantitative estimate of drug-likeness (QED) is 0.890. The summed E-state index contributed by atoms with van der Waals surface area (Å²) >= 11 is 1.66. The lowest BCUT2D eigenvalue weighted by Gasteiger charge is -2.19. The Kier molecular flexibility index (Phi) is 4.33. The van der Waals surface area contributed by atoms with E-state index >= 15 is 0 Å². The van der Waals surface area contributed by atoms with Crippen molar-refractivity contribution in [1.29, 1.82) is 0 Å². The van der Waals surface area contributed by atoms with Crippen molar-refractivity contribution in [2.24, 2.45) is 0 Å². The van der Waals surface area contributed by atoms with Gasteiger partial charge in [-0.1, -0.05) is 18.2 Å². The van der Waals surface area contributed by atoms with Crippen LogP contribution < -0.4 is 5.69 Å². The van der Waals surface area contributed by atoms with E-state index in [4.69, 9.17) is 0 Å². The number of amides is 1. The molecule has 0 radical (unpaired) electrons. The number of rotatable bonds is 2. The van der Waals surface area contributed by atoms with Crippen LogP contribution in [0.3, 0.4) is 0 Å². The van der Waals surface area contributed by atoms with E-state index in [1.54, 1.807) is 28.8 Å². The van der Waals surface area contributed by atoms with Crippen molar-refractivity contribution in [3.63, 3.8) is 0 Å². The summed E-state index contributed by atoms with van der Waals surface area (Å²) < 4.78 is 13.9. The smallest absolute Gasteiger partial charge is 0.323 e. The molecule has 2 aromatic rings. The zero-order valence-electron chi connectivity index (χ0n) is 11.8. The normalized spacial score (nSPS) is 19.0. The Morgan fingerprint density at radius 2 is 2.14 bits per heavy atom. The average Bonchev–Trinajstić information content (AvgIpc) is 2.81. The van der Waals surface area contributed by atoms with Crippen LogP contribution in [0.2, 0.25) is 0 Å². The first kappa shape index (κ1) is 14.9. The van der Waals surface area contributed by atoms with Crippen LogP contribution in [0.1, 0.15) is 27.7 Å². The Morgan fingerprint density at radius 1 is 1.32 bits per heavy atom. The van der Waals surface area contributed by atoms with Crippen LogP contribution in [0.25, 0.3) is 0 Å². The first-order chi connectivity index (χ1) is 10.6. The molecular formula is C15H16FN3O2S. The summed E-state index contributed by atoms with van der Waals surface area (Å²) in [4.78, 5) is 30.0. The number of H-pyrrole nitrogens is 2. The number of aromatic nitrogens is 2. The summed E-state index contributed by atoms with van der Waals surface area (Å²) in [5.74, 6) is 0.335. The average molecular weight is 321 g/mol. The van der Waals surface area contributed by atoms with Crippen LogP contribution in [0.4, 0.5) is 4.39 Å². The fourth-order valence-electron chi connectivity index (χ4n) is 2.58. The third kappa shape index (κ3) is 3.09. The van der Waals surface area contributed by atoms with Crippen molar-refractivity contribution >= 4 is 17.7 Å². The minimum absolute atomic E-state index is 0.0456.